The maximum Gasteiger partial charge on any atom is 0.0597 e. The molecule has 0 radical (unpaired) electrons. The molecule has 86 valence electrons. The van der Waals surface area contributed by atoms with Crippen molar-refractivity contribution in [3.05, 3.63) is 17.5 Å². The molecule has 1 rings (SSSR count). The van der Waals surface area contributed by atoms with Crippen molar-refractivity contribution < 1.29 is 0 Å². The van der Waals surface area contributed by atoms with Crippen LogP contribution in [0.15, 0.2) is 6.07 Å². The zero-order valence-corrected chi connectivity index (χ0v) is 11.6. The predicted octanol–water partition coefficient (Wildman–Crippen LogP) is 2.43. The third-order valence-electron chi connectivity index (χ3n) is 2.28. The van der Waals surface area contributed by atoms with Gasteiger partial charge in [-0.2, -0.15) is 5.10 Å². The molecule has 0 aliphatic carbocycles. The normalized spacial score (nSPS) is 13.5. The van der Waals surface area contributed by atoms with E-state index >= 15 is 0 Å². The summed E-state index contributed by atoms with van der Waals surface area (Å²) in [6.07, 6.45) is 0. The molecule has 0 amide bonds. The summed E-state index contributed by atoms with van der Waals surface area (Å²) >= 11 is 3.57. The van der Waals surface area contributed by atoms with E-state index in [1.54, 1.807) is 0 Å². The number of nitrogens with zero attached hydrogens (tertiary/aromatic N) is 3. The fourth-order valence-electron chi connectivity index (χ4n) is 1.77. The molecular formula is C11H20BrN3. The smallest absolute Gasteiger partial charge is 0.0597 e. The van der Waals surface area contributed by atoms with Crippen LogP contribution in [0.3, 0.4) is 0 Å². The van der Waals surface area contributed by atoms with Gasteiger partial charge in [0.2, 0.25) is 0 Å². The van der Waals surface area contributed by atoms with Gasteiger partial charge in [-0.15, -0.1) is 0 Å². The molecule has 1 aromatic rings. The van der Waals surface area contributed by atoms with Crippen LogP contribution >= 0.6 is 15.9 Å². The van der Waals surface area contributed by atoms with Gasteiger partial charge in [0.1, 0.15) is 0 Å². The van der Waals surface area contributed by atoms with E-state index in [4.69, 9.17) is 0 Å². The van der Waals surface area contributed by atoms with Crippen molar-refractivity contribution in [1.29, 1.82) is 0 Å². The Morgan fingerprint density at radius 3 is 2.80 bits per heavy atom. The summed E-state index contributed by atoms with van der Waals surface area (Å²) in [6, 6.07) is 2.17. The highest BCUT2D eigenvalue weighted by Gasteiger charge is 2.08. The Labute approximate surface area is 101 Å². The van der Waals surface area contributed by atoms with Gasteiger partial charge in [-0.3, -0.25) is 9.58 Å². The first-order valence-electron chi connectivity index (χ1n) is 5.38. The van der Waals surface area contributed by atoms with Gasteiger partial charge in [0.15, 0.2) is 0 Å². The lowest BCUT2D eigenvalue weighted by atomic mass is 10.3. The van der Waals surface area contributed by atoms with Gasteiger partial charge in [-0.1, -0.05) is 22.9 Å². The second kappa shape index (κ2) is 5.66. The Balaban J connectivity index is 2.62. The highest BCUT2D eigenvalue weighted by atomic mass is 79.9. The Morgan fingerprint density at radius 1 is 1.60 bits per heavy atom. The van der Waals surface area contributed by atoms with E-state index in [2.05, 4.69) is 57.6 Å². The number of rotatable bonds is 5. The average molecular weight is 274 g/mol. The van der Waals surface area contributed by atoms with Crippen LogP contribution < -0.4 is 0 Å². The van der Waals surface area contributed by atoms with Crippen LogP contribution in [0.2, 0.25) is 0 Å². The zero-order valence-electron chi connectivity index (χ0n) is 10.00. The van der Waals surface area contributed by atoms with E-state index in [-0.39, 0.29) is 0 Å². The van der Waals surface area contributed by atoms with Gasteiger partial charge in [0.25, 0.3) is 0 Å². The van der Waals surface area contributed by atoms with Crippen LogP contribution in [0.25, 0.3) is 0 Å². The van der Waals surface area contributed by atoms with Gasteiger partial charge in [-0.05, 0) is 27.0 Å². The van der Waals surface area contributed by atoms with Crippen molar-refractivity contribution in [3.8, 4) is 0 Å². The Morgan fingerprint density at radius 2 is 2.27 bits per heavy atom. The quantitative estimate of drug-likeness (QED) is 0.769. The zero-order chi connectivity index (χ0) is 11.4. The highest BCUT2D eigenvalue weighted by Crippen LogP contribution is 2.08. The number of hydrogen-bond acceptors (Lipinski definition) is 2. The Bertz CT molecular complexity index is 307. The molecule has 0 aliphatic heterocycles. The molecule has 1 heterocycles. The maximum absolute atomic E-state index is 4.44. The summed E-state index contributed by atoms with van der Waals surface area (Å²) in [5.41, 5.74) is 2.40. The molecule has 0 bridgehead atoms. The minimum Gasteiger partial charge on any atom is -0.299 e. The van der Waals surface area contributed by atoms with E-state index in [0.29, 0.717) is 4.83 Å². The molecule has 3 nitrogen and oxygen atoms in total. The molecule has 0 N–H and O–H groups in total. The standard InChI is InChI=1S/C11H20BrN3/c1-5-15-11(6-10(3)13-15)8-14(4)7-9(2)12/h6,9H,5,7-8H2,1-4H3. The number of alkyl halides is 1. The molecule has 0 saturated heterocycles. The van der Waals surface area contributed by atoms with Gasteiger partial charge in [0, 0.05) is 24.5 Å². The fourth-order valence-corrected chi connectivity index (χ4v) is 2.27. The van der Waals surface area contributed by atoms with Crippen LogP contribution in [0.5, 0.6) is 0 Å². The molecule has 0 aliphatic rings. The summed E-state index contributed by atoms with van der Waals surface area (Å²) in [6.45, 7) is 9.30. The molecule has 1 atom stereocenters. The minimum absolute atomic E-state index is 0.529. The topological polar surface area (TPSA) is 21.1 Å². The summed E-state index contributed by atoms with van der Waals surface area (Å²) in [7, 11) is 2.14. The van der Waals surface area contributed by atoms with Gasteiger partial charge in [-0.25, -0.2) is 0 Å². The van der Waals surface area contributed by atoms with Crippen LogP contribution in [-0.2, 0) is 13.1 Å². The molecule has 0 fully saturated rings. The van der Waals surface area contributed by atoms with Gasteiger partial charge < -0.3 is 0 Å². The monoisotopic (exact) mass is 273 g/mol. The van der Waals surface area contributed by atoms with E-state index < -0.39 is 0 Å². The van der Waals surface area contributed by atoms with E-state index in [1.165, 1.54) is 5.69 Å². The summed E-state index contributed by atoms with van der Waals surface area (Å²) in [5.74, 6) is 0. The van der Waals surface area contributed by atoms with E-state index in [1.807, 2.05) is 6.92 Å². The molecule has 15 heavy (non-hydrogen) atoms. The molecule has 1 unspecified atom stereocenters. The average Bonchev–Trinajstić information content (AvgIpc) is 2.44. The first-order valence-corrected chi connectivity index (χ1v) is 6.30. The van der Waals surface area contributed by atoms with E-state index in [0.717, 1.165) is 25.3 Å². The van der Waals surface area contributed by atoms with Crippen molar-refractivity contribution in [3.63, 3.8) is 0 Å². The summed E-state index contributed by atoms with van der Waals surface area (Å²) in [5, 5.41) is 4.44. The second-order valence-electron chi connectivity index (χ2n) is 4.07. The van der Waals surface area contributed by atoms with Gasteiger partial charge in [0.05, 0.1) is 11.4 Å². The Kier molecular flexibility index (Phi) is 4.80. The first-order chi connectivity index (χ1) is 7.02. The lowest BCUT2D eigenvalue weighted by Crippen LogP contribution is -2.25. The fraction of sp³-hybridized carbons (Fsp3) is 0.727. The highest BCUT2D eigenvalue weighted by molar-refractivity contribution is 9.09. The number of hydrogen-bond donors (Lipinski definition) is 0. The second-order valence-corrected chi connectivity index (χ2v) is 5.63. The molecule has 4 heteroatoms. The van der Waals surface area contributed by atoms with Crippen molar-refractivity contribution in [2.45, 2.75) is 38.7 Å². The summed E-state index contributed by atoms with van der Waals surface area (Å²) < 4.78 is 2.07. The van der Waals surface area contributed by atoms with Crippen molar-refractivity contribution in [2.75, 3.05) is 13.6 Å². The lowest BCUT2D eigenvalue weighted by Gasteiger charge is -2.18. The van der Waals surface area contributed by atoms with Crippen molar-refractivity contribution in [1.82, 2.24) is 14.7 Å². The van der Waals surface area contributed by atoms with Crippen molar-refractivity contribution >= 4 is 15.9 Å². The third kappa shape index (κ3) is 3.95. The molecule has 0 saturated carbocycles. The van der Waals surface area contributed by atoms with Crippen LogP contribution in [-0.4, -0.2) is 33.1 Å². The summed E-state index contributed by atoms with van der Waals surface area (Å²) in [4.78, 5) is 2.84. The molecule has 0 spiro atoms. The van der Waals surface area contributed by atoms with Crippen LogP contribution in [0.4, 0.5) is 0 Å². The lowest BCUT2D eigenvalue weighted by molar-refractivity contribution is 0.320. The van der Waals surface area contributed by atoms with E-state index in [9.17, 15) is 0 Å². The van der Waals surface area contributed by atoms with Crippen LogP contribution in [0, 0.1) is 6.92 Å². The first kappa shape index (κ1) is 12.7. The molecule has 0 aromatic carbocycles. The number of aromatic nitrogens is 2. The minimum atomic E-state index is 0.529. The number of halogens is 1. The van der Waals surface area contributed by atoms with Gasteiger partial charge >= 0.3 is 0 Å². The molecular weight excluding hydrogens is 254 g/mol. The predicted molar refractivity (Wildman–Crippen MR) is 67.4 cm³/mol. The van der Waals surface area contributed by atoms with Crippen LogP contribution in [0.1, 0.15) is 25.2 Å². The van der Waals surface area contributed by atoms with Crippen molar-refractivity contribution in [2.24, 2.45) is 0 Å². The number of aryl methyl sites for hydroxylation is 2. The third-order valence-corrected chi connectivity index (χ3v) is 2.57. The largest absolute Gasteiger partial charge is 0.299 e. The molecule has 1 aromatic heterocycles. The maximum atomic E-state index is 4.44. The SMILES string of the molecule is CCn1nc(C)cc1CN(C)CC(C)Br. The Hall–Kier alpha value is -0.350.